The van der Waals surface area contributed by atoms with E-state index in [-0.39, 0.29) is 35.4 Å². The highest BCUT2D eigenvalue weighted by Crippen LogP contribution is 2.35. The summed E-state index contributed by atoms with van der Waals surface area (Å²) in [5.41, 5.74) is 3.05. The first-order chi connectivity index (χ1) is 17.3. The number of ketones is 1. The molecule has 5 rings (SSSR count). The van der Waals surface area contributed by atoms with Crippen LogP contribution in [0.2, 0.25) is 0 Å². The summed E-state index contributed by atoms with van der Waals surface area (Å²) in [6.07, 6.45) is 4.84. The van der Waals surface area contributed by atoms with Crippen LogP contribution in [0.3, 0.4) is 0 Å². The van der Waals surface area contributed by atoms with Gasteiger partial charge in [0.05, 0.1) is 5.56 Å². The summed E-state index contributed by atoms with van der Waals surface area (Å²) >= 11 is 0. The number of hydrogen-bond donors (Lipinski definition) is 2. The van der Waals surface area contributed by atoms with E-state index in [1.54, 1.807) is 43.5 Å². The Kier molecular flexibility index (Phi) is 6.43. The summed E-state index contributed by atoms with van der Waals surface area (Å²) in [6, 6.07) is 10.5. The van der Waals surface area contributed by atoms with E-state index in [1.165, 1.54) is 6.07 Å². The average molecular weight is 489 g/mol. The van der Waals surface area contributed by atoms with Crippen LogP contribution in [-0.2, 0) is 4.79 Å². The van der Waals surface area contributed by atoms with Crippen LogP contribution in [0.25, 0.3) is 33.5 Å². The molecule has 186 valence electrons. The van der Waals surface area contributed by atoms with E-state index in [0.717, 1.165) is 24.6 Å². The number of fused-ring (bicyclic) bond motifs is 1. The van der Waals surface area contributed by atoms with Gasteiger partial charge in [-0.2, -0.15) is 0 Å². The maximum atomic E-state index is 15.0. The van der Waals surface area contributed by atoms with Crippen LogP contribution in [0.4, 0.5) is 4.39 Å². The van der Waals surface area contributed by atoms with Crippen LogP contribution in [0.5, 0.6) is 0 Å². The lowest BCUT2D eigenvalue weighted by molar-refractivity contribution is -0.121. The minimum absolute atomic E-state index is 0.0552. The molecule has 2 unspecified atom stereocenters. The zero-order valence-electron chi connectivity index (χ0n) is 20.6. The Bertz CT molecular complexity index is 1420. The van der Waals surface area contributed by atoms with Crippen LogP contribution in [0, 0.1) is 24.6 Å². The second-order valence-electron chi connectivity index (χ2n) is 9.63. The van der Waals surface area contributed by atoms with Crippen LogP contribution in [0.15, 0.2) is 47.0 Å². The van der Waals surface area contributed by atoms with Gasteiger partial charge in [0.25, 0.3) is 0 Å². The van der Waals surface area contributed by atoms with Crippen LogP contribution >= 0.6 is 0 Å². The van der Waals surface area contributed by atoms with Crippen molar-refractivity contribution < 1.29 is 18.4 Å². The van der Waals surface area contributed by atoms with Gasteiger partial charge in [0, 0.05) is 53.5 Å². The number of nitrogens with zero attached hydrogens (tertiary/aromatic N) is 2. The highest BCUT2D eigenvalue weighted by Gasteiger charge is 2.33. The SMILES string of the molecule is CCC(=O)N[C@H]1CCC(C(C)C(=O)c2ccc(-c3cc4c(-c5nnc(C)o5)c[nH]c4cc3F)cc2)C1. The smallest absolute Gasteiger partial charge is 0.249 e. The van der Waals surface area contributed by atoms with Gasteiger partial charge in [0.2, 0.25) is 17.7 Å². The molecule has 2 aromatic carbocycles. The topological polar surface area (TPSA) is 101 Å². The molecule has 1 aliphatic rings. The number of aromatic nitrogens is 3. The van der Waals surface area contributed by atoms with Gasteiger partial charge in [0.1, 0.15) is 5.82 Å². The first kappa shape index (κ1) is 23.9. The molecule has 0 bridgehead atoms. The molecule has 0 radical (unpaired) electrons. The number of benzene rings is 2. The third-order valence-corrected chi connectivity index (χ3v) is 7.29. The van der Waals surface area contributed by atoms with Crippen molar-refractivity contribution in [2.75, 3.05) is 0 Å². The minimum Gasteiger partial charge on any atom is -0.421 e. The maximum Gasteiger partial charge on any atom is 0.249 e. The summed E-state index contributed by atoms with van der Waals surface area (Å²) in [6.45, 7) is 5.52. The molecule has 0 saturated heterocycles. The van der Waals surface area contributed by atoms with Gasteiger partial charge in [-0.05, 0) is 42.9 Å². The minimum atomic E-state index is -0.365. The molecule has 2 N–H and O–H groups in total. The number of H-pyrrole nitrogens is 1. The number of aryl methyl sites for hydroxylation is 1. The fraction of sp³-hybridized carbons (Fsp3) is 0.357. The third-order valence-electron chi connectivity index (χ3n) is 7.29. The summed E-state index contributed by atoms with van der Waals surface area (Å²) in [5, 5.41) is 11.8. The van der Waals surface area contributed by atoms with Crippen molar-refractivity contribution in [3.05, 3.63) is 59.9 Å². The molecular formula is C28H29FN4O3. The van der Waals surface area contributed by atoms with Crippen LogP contribution < -0.4 is 5.32 Å². The number of carbonyl (C=O) groups is 2. The van der Waals surface area contributed by atoms with E-state index in [1.807, 2.05) is 13.8 Å². The number of hydrogen-bond acceptors (Lipinski definition) is 5. The zero-order chi connectivity index (χ0) is 25.4. The summed E-state index contributed by atoms with van der Waals surface area (Å²) in [7, 11) is 0. The number of aromatic amines is 1. The van der Waals surface area contributed by atoms with Gasteiger partial charge in [-0.3, -0.25) is 9.59 Å². The summed E-state index contributed by atoms with van der Waals surface area (Å²) < 4.78 is 20.6. The predicted octanol–water partition coefficient (Wildman–Crippen LogP) is 5.85. The van der Waals surface area contributed by atoms with Crippen molar-refractivity contribution in [2.45, 2.75) is 52.5 Å². The van der Waals surface area contributed by atoms with E-state index >= 15 is 0 Å². The van der Waals surface area contributed by atoms with Crippen LogP contribution in [-0.4, -0.2) is 32.9 Å². The van der Waals surface area contributed by atoms with Crippen molar-refractivity contribution in [2.24, 2.45) is 11.8 Å². The number of halogens is 1. The number of Topliss-reactive ketones (excluding diaryl/α,β-unsaturated/α-hetero) is 1. The maximum absolute atomic E-state index is 15.0. The Balaban J connectivity index is 1.35. The average Bonchev–Trinajstić information content (AvgIpc) is 3.62. The molecule has 8 heteroatoms. The fourth-order valence-corrected chi connectivity index (χ4v) is 5.17. The normalized spacial score (nSPS) is 18.4. The first-order valence-electron chi connectivity index (χ1n) is 12.4. The lowest BCUT2D eigenvalue weighted by atomic mass is 9.85. The lowest BCUT2D eigenvalue weighted by Crippen LogP contribution is -2.32. The molecule has 3 atom stereocenters. The molecule has 1 aliphatic carbocycles. The van der Waals surface area contributed by atoms with Gasteiger partial charge < -0.3 is 14.7 Å². The number of rotatable bonds is 7. The predicted molar refractivity (Wildman–Crippen MR) is 135 cm³/mol. The van der Waals surface area contributed by atoms with E-state index in [9.17, 15) is 14.0 Å². The number of carbonyl (C=O) groups excluding carboxylic acids is 2. The van der Waals surface area contributed by atoms with Crippen LogP contribution in [0.1, 0.15) is 55.8 Å². The summed E-state index contributed by atoms with van der Waals surface area (Å²) in [4.78, 5) is 28.0. The first-order valence-corrected chi connectivity index (χ1v) is 12.4. The summed E-state index contributed by atoms with van der Waals surface area (Å²) in [5.74, 6) is 0.678. The Morgan fingerprint density at radius 2 is 1.94 bits per heavy atom. The van der Waals surface area contributed by atoms with Crippen molar-refractivity contribution >= 4 is 22.6 Å². The molecular weight excluding hydrogens is 459 g/mol. The standard InChI is InChI=1S/C28H29FN4O3/c1-4-26(34)31-20-10-9-19(11-20)15(2)27(35)18-7-5-17(6-8-18)21-12-22-23(28-33-32-16(3)36-28)14-30-25(22)13-24(21)29/h5-8,12-15,19-20,30H,4,9-11H2,1-3H3,(H,31,34)/t15?,19?,20-/m0/s1. The zero-order valence-corrected chi connectivity index (χ0v) is 20.6. The molecule has 0 aliphatic heterocycles. The van der Waals surface area contributed by atoms with Crippen molar-refractivity contribution in [1.82, 2.24) is 20.5 Å². The lowest BCUT2D eigenvalue weighted by Gasteiger charge is -2.19. The second kappa shape index (κ2) is 9.68. The molecule has 7 nitrogen and oxygen atoms in total. The van der Waals surface area contributed by atoms with Crippen molar-refractivity contribution in [3.63, 3.8) is 0 Å². The molecule has 2 heterocycles. The van der Waals surface area contributed by atoms with Gasteiger partial charge in [-0.25, -0.2) is 4.39 Å². The van der Waals surface area contributed by atoms with Gasteiger partial charge in [0.15, 0.2) is 5.78 Å². The highest BCUT2D eigenvalue weighted by atomic mass is 19.1. The highest BCUT2D eigenvalue weighted by molar-refractivity contribution is 5.99. The van der Waals surface area contributed by atoms with Gasteiger partial charge in [-0.1, -0.05) is 38.1 Å². The van der Waals surface area contributed by atoms with E-state index in [0.29, 0.717) is 46.0 Å². The molecule has 2 aromatic heterocycles. The Hall–Kier alpha value is -3.81. The molecule has 36 heavy (non-hydrogen) atoms. The molecule has 1 saturated carbocycles. The number of amides is 1. The van der Waals surface area contributed by atoms with Crippen molar-refractivity contribution in [1.29, 1.82) is 0 Å². The Morgan fingerprint density at radius 3 is 2.64 bits per heavy atom. The van der Waals surface area contributed by atoms with Crippen molar-refractivity contribution in [3.8, 4) is 22.6 Å². The molecule has 0 spiro atoms. The fourth-order valence-electron chi connectivity index (χ4n) is 5.17. The van der Waals surface area contributed by atoms with Gasteiger partial charge >= 0.3 is 0 Å². The third kappa shape index (κ3) is 4.55. The van der Waals surface area contributed by atoms with Gasteiger partial charge in [-0.15, -0.1) is 10.2 Å². The number of nitrogens with one attached hydrogen (secondary N) is 2. The molecule has 4 aromatic rings. The second-order valence-corrected chi connectivity index (χ2v) is 9.63. The van der Waals surface area contributed by atoms with E-state index in [4.69, 9.17) is 4.42 Å². The molecule has 1 fully saturated rings. The monoisotopic (exact) mass is 488 g/mol. The van der Waals surface area contributed by atoms with E-state index < -0.39 is 0 Å². The van der Waals surface area contributed by atoms with E-state index in [2.05, 4.69) is 20.5 Å². The largest absolute Gasteiger partial charge is 0.421 e. The Morgan fingerprint density at radius 1 is 1.17 bits per heavy atom. The molecule has 1 amide bonds. The quantitative estimate of drug-likeness (QED) is 0.318. The Labute approximate surface area is 208 Å².